The highest BCUT2D eigenvalue weighted by atomic mass is 35.5. The summed E-state index contributed by atoms with van der Waals surface area (Å²) < 4.78 is 36.9. The third-order valence-corrected chi connectivity index (χ3v) is 3.30. The molecule has 0 saturated carbocycles. The minimum absolute atomic E-state index is 0.238. The molecule has 1 aromatic rings. The van der Waals surface area contributed by atoms with Crippen LogP contribution in [-0.4, -0.2) is 24.2 Å². The van der Waals surface area contributed by atoms with E-state index in [1.54, 1.807) is 19.2 Å². The van der Waals surface area contributed by atoms with Gasteiger partial charge in [0.1, 0.15) is 0 Å². The Morgan fingerprint density at radius 2 is 2.16 bits per heavy atom. The van der Waals surface area contributed by atoms with Gasteiger partial charge in [0.2, 0.25) is 0 Å². The van der Waals surface area contributed by atoms with Gasteiger partial charge < -0.3 is 10.2 Å². The number of anilines is 1. The van der Waals surface area contributed by atoms with Crippen LogP contribution in [0.5, 0.6) is 0 Å². The van der Waals surface area contributed by atoms with Crippen LogP contribution >= 0.6 is 11.6 Å². The Hall–Kier alpha value is -1.43. The lowest BCUT2D eigenvalue weighted by molar-refractivity contribution is -0.134. The number of carbonyl (C=O) groups excluding carboxylic acids is 1. The first-order chi connectivity index (χ1) is 8.76. The van der Waals surface area contributed by atoms with Gasteiger partial charge in [0.15, 0.2) is 0 Å². The van der Waals surface area contributed by atoms with Crippen LogP contribution in [0.3, 0.4) is 0 Å². The lowest BCUT2D eigenvalue weighted by atomic mass is 10.0. The van der Waals surface area contributed by atoms with E-state index in [0.717, 1.165) is 5.56 Å². The third-order valence-electron chi connectivity index (χ3n) is 2.90. The van der Waals surface area contributed by atoms with Crippen LogP contribution in [0, 0.1) is 0 Å². The quantitative estimate of drug-likeness (QED) is 0.824. The minimum atomic E-state index is -4.30. The molecule has 0 radical (unpaired) electrons. The second-order valence-corrected chi connectivity index (χ2v) is 5.02. The summed E-state index contributed by atoms with van der Waals surface area (Å²) in [4.78, 5) is 12.8. The molecule has 104 valence electrons. The minimum Gasteiger partial charge on any atom is -0.323 e. The van der Waals surface area contributed by atoms with Crippen molar-refractivity contribution in [2.75, 3.05) is 12.4 Å². The van der Waals surface area contributed by atoms with Crippen LogP contribution in [-0.2, 0) is 6.54 Å². The highest BCUT2D eigenvalue weighted by Gasteiger charge is 2.32. The van der Waals surface area contributed by atoms with Crippen LogP contribution in [0.25, 0.3) is 0 Å². The molecule has 1 aromatic carbocycles. The van der Waals surface area contributed by atoms with Crippen molar-refractivity contribution in [1.82, 2.24) is 4.90 Å². The van der Waals surface area contributed by atoms with E-state index in [1.165, 1.54) is 11.0 Å². The van der Waals surface area contributed by atoms with Gasteiger partial charge in [0, 0.05) is 19.3 Å². The molecule has 2 amide bonds. The van der Waals surface area contributed by atoms with Crippen molar-refractivity contribution >= 4 is 23.3 Å². The molecule has 1 unspecified atom stereocenters. The van der Waals surface area contributed by atoms with Gasteiger partial charge >= 0.3 is 12.2 Å². The monoisotopic (exact) mass is 292 g/mol. The largest absolute Gasteiger partial charge is 0.390 e. The van der Waals surface area contributed by atoms with Gasteiger partial charge in [-0.25, -0.2) is 4.79 Å². The number of nitrogens with one attached hydrogen (secondary N) is 1. The van der Waals surface area contributed by atoms with Crippen LogP contribution in [0.1, 0.15) is 22.9 Å². The summed E-state index contributed by atoms with van der Waals surface area (Å²) >= 11 is 5.78. The number of amides is 2. The van der Waals surface area contributed by atoms with E-state index in [9.17, 15) is 18.0 Å². The molecule has 0 aliphatic carbocycles. The summed E-state index contributed by atoms with van der Waals surface area (Å²) in [5.74, 6) is 0. The zero-order valence-corrected chi connectivity index (χ0v) is 10.8. The number of alkyl halides is 4. The van der Waals surface area contributed by atoms with Gasteiger partial charge in [-0.15, -0.1) is 11.6 Å². The smallest absolute Gasteiger partial charge is 0.323 e. The Labute approximate surface area is 113 Å². The Morgan fingerprint density at radius 1 is 1.47 bits per heavy atom. The van der Waals surface area contributed by atoms with Crippen molar-refractivity contribution < 1.29 is 18.0 Å². The molecule has 1 heterocycles. The van der Waals surface area contributed by atoms with E-state index in [1.807, 2.05) is 0 Å². The normalized spacial score (nSPS) is 16.9. The zero-order chi connectivity index (χ0) is 14.2. The van der Waals surface area contributed by atoms with Gasteiger partial charge in [-0.05, 0) is 17.2 Å². The third kappa shape index (κ3) is 3.32. The SMILES string of the molecule is CN1Cc2cc(C(Cl)CC(F)(F)F)ccc2NC1=O. The fourth-order valence-electron chi connectivity index (χ4n) is 1.92. The number of hydrogen-bond donors (Lipinski definition) is 1. The highest BCUT2D eigenvalue weighted by Crippen LogP contribution is 2.36. The topological polar surface area (TPSA) is 32.3 Å². The fourth-order valence-corrected chi connectivity index (χ4v) is 2.23. The summed E-state index contributed by atoms with van der Waals surface area (Å²) in [5.41, 5.74) is 1.78. The number of carbonyl (C=O) groups is 1. The second kappa shape index (κ2) is 4.92. The maximum Gasteiger partial charge on any atom is 0.390 e. The molecular weight excluding hydrogens is 281 g/mol. The number of nitrogens with zero attached hydrogens (tertiary/aromatic N) is 1. The maximum absolute atomic E-state index is 12.3. The van der Waals surface area contributed by atoms with Crippen molar-refractivity contribution in [1.29, 1.82) is 0 Å². The lowest BCUT2D eigenvalue weighted by Gasteiger charge is -2.26. The summed E-state index contributed by atoms with van der Waals surface area (Å²) in [6.07, 6.45) is -5.37. The van der Waals surface area contributed by atoms with Crippen LogP contribution in [0.2, 0.25) is 0 Å². The fraction of sp³-hybridized carbons (Fsp3) is 0.417. The van der Waals surface area contributed by atoms with Crippen LogP contribution in [0.15, 0.2) is 18.2 Å². The van der Waals surface area contributed by atoms with E-state index < -0.39 is 18.0 Å². The molecule has 0 aromatic heterocycles. The van der Waals surface area contributed by atoms with E-state index in [2.05, 4.69) is 5.32 Å². The molecule has 3 nitrogen and oxygen atoms in total. The van der Waals surface area contributed by atoms with Crippen molar-refractivity contribution in [3.63, 3.8) is 0 Å². The molecule has 0 bridgehead atoms. The molecule has 1 atom stereocenters. The van der Waals surface area contributed by atoms with E-state index in [0.29, 0.717) is 17.8 Å². The van der Waals surface area contributed by atoms with Gasteiger partial charge in [-0.1, -0.05) is 12.1 Å². The van der Waals surface area contributed by atoms with E-state index in [-0.39, 0.29) is 6.03 Å². The van der Waals surface area contributed by atoms with Crippen LogP contribution < -0.4 is 5.32 Å². The van der Waals surface area contributed by atoms with E-state index >= 15 is 0 Å². The number of halogens is 4. The second-order valence-electron chi connectivity index (χ2n) is 4.49. The molecule has 2 rings (SSSR count). The standard InChI is InChI=1S/C12H12ClF3N2O/c1-18-6-8-4-7(9(13)5-12(14,15)16)2-3-10(8)17-11(18)19/h2-4,9H,5-6H2,1H3,(H,17,19). The van der Waals surface area contributed by atoms with Gasteiger partial charge in [-0.3, -0.25) is 0 Å². The summed E-state index contributed by atoms with van der Waals surface area (Å²) in [6, 6.07) is 4.46. The first kappa shape index (κ1) is 14.0. The van der Waals surface area contributed by atoms with Crippen molar-refractivity contribution in [2.24, 2.45) is 0 Å². The van der Waals surface area contributed by atoms with Gasteiger partial charge in [-0.2, -0.15) is 13.2 Å². The molecule has 0 spiro atoms. The van der Waals surface area contributed by atoms with Crippen molar-refractivity contribution in [3.05, 3.63) is 29.3 Å². The maximum atomic E-state index is 12.3. The van der Waals surface area contributed by atoms with Crippen molar-refractivity contribution in [3.8, 4) is 0 Å². The van der Waals surface area contributed by atoms with Crippen LogP contribution in [0.4, 0.5) is 23.7 Å². The molecule has 0 fully saturated rings. The predicted octanol–water partition coefficient (Wildman–Crippen LogP) is 3.90. The van der Waals surface area contributed by atoms with Gasteiger partial charge in [0.05, 0.1) is 11.8 Å². The van der Waals surface area contributed by atoms with Crippen molar-refractivity contribution in [2.45, 2.75) is 24.5 Å². The lowest BCUT2D eigenvalue weighted by Crippen LogP contribution is -2.35. The summed E-state index contributed by atoms with van der Waals surface area (Å²) in [6.45, 7) is 0.352. The average molecular weight is 293 g/mol. The Balaban J connectivity index is 2.22. The Kier molecular flexibility index (Phi) is 3.62. The first-order valence-electron chi connectivity index (χ1n) is 5.62. The molecule has 7 heteroatoms. The predicted molar refractivity (Wildman–Crippen MR) is 66.2 cm³/mol. The number of fused-ring (bicyclic) bond motifs is 1. The Morgan fingerprint density at radius 3 is 2.79 bits per heavy atom. The molecule has 0 saturated heterocycles. The number of urea groups is 1. The number of hydrogen-bond acceptors (Lipinski definition) is 1. The molecule has 1 aliphatic rings. The Bertz CT molecular complexity index is 504. The highest BCUT2D eigenvalue weighted by molar-refractivity contribution is 6.20. The van der Waals surface area contributed by atoms with Gasteiger partial charge in [0.25, 0.3) is 0 Å². The number of rotatable bonds is 2. The van der Waals surface area contributed by atoms with E-state index in [4.69, 9.17) is 11.6 Å². The molecule has 1 N–H and O–H groups in total. The summed E-state index contributed by atoms with van der Waals surface area (Å²) in [5, 5.41) is 1.53. The summed E-state index contributed by atoms with van der Waals surface area (Å²) in [7, 11) is 1.61. The zero-order valence-electron chi connectivity index (χ0n) is 10.1. The molecule has 1 aliphatic heterocycles. The molecule has 19 heavy (non-hydrogen) atoms. The molecular formula is C12H12ClF3N2O. The number of benzene rings is 1. The first-order valence-corrected chi connectivity index (χ1v) is 6.05. The average Bonchev–Trinajstić information content (AvgIpc) is 2.27.